The van der Waals surface area contributed by atoms with Gasteiger partial charge in [-0.25, -0.2) is 0 Å². The first-order chi connectivity index (χ1) is 11.1. The number of carbonyl (C=O) groups is 1. The zero-order valence-electron chi connectivity index (χ0n) is 16.6. The van der Waals surface area contributed by atoms with Crippen molar-refractivity contribution in [2.75, 3.05) is 20.6 Å². The molecule has 0 radical (unpaired) electrons. The molecule has 1 aromatic rings. The number of amides is 1. The van der Waals surface area contributed by atoms with Crippen molar-refractivity contribution in [3.05, 3.63) is 17.0 Å². The van der Waals surface area contributed by atoms with E-state index in [1.165, 1.54) is 11.3 Å². The van der Waals surface area contributed by atoms with Gasteiger partial charge in [-0.15, -0.1) is 24.0 Å². The molecule has 0 aromatic carbocycles. The number of guanidine groups is 1. The Morgan fingerprint density at radius 1 is 1.36 bits per heavy atom. The molecule has 0 aliphatic heterocycles. The molecule has 0 aliphatic rings. The summed E-state index contributed by atoms with van der Waals surface area (Å²) in [5.74, 6) is 0.693. The van der Waals surface area contributed by atoms with Crippen molar-refractivity contribution < 1.29 is 4.79 Å². The minimum Gasteiger partial charge on any atom is -0.359 e. The van der Waals surface area contributed by atoms with E-state index in [0.717, 1.165) is 12.1 Å². The lowest BCUT2D eigenvalue weighted by atomic mass is 9.92. The molecule has 0 saturated heterocycles. The highest BCUT2D eigenvalue weighted by atomic mass is 127. The number of nitrogens with one attached hydrogen (secondary N) is 3. The molecule has 0 aliphatic carbocycles. The van der Waals surface area contributed by atoms with Crippen LogP contribution in [0.15, 0.2) is 4.99 Å². The van der Waals surface area contributed by atoms with E-state index in [4.69, 9.17) is 0 Å². The van der Waals surface area contributed by atoms with Crippen LogP contribution >= 0.6 is 24.0 Å². The molecule has 1 unspecified atom stereocenters. The quantitative estimate of drug-likeness (QED) is 0.339. The Balaban J connectivity index is 0.00000576. The van der Waals surface area contributed by atoms with Crippen LogP contribution in [0, 0.1) is 19.3 Å². The maximum absolute atomic E-state index is 11.9. The van der Waals surface area contributed by atoms with E-state index < -0.39 is 5.41 Å². The molecule has 0 spiro atoms. The summed E-state index contributed by atoms with van der Waals surface area (Å²) in [6.45, 7) is 10.5. The summed E-state index contributed by atoms with van der Waals surface area (Å²) in [6.07, 6.45) is 0.866. The van der Waals surface area contributed by atoms with E-state index in [2.05, 4.69) is 39.9 Å². The number of aliphatic imine (C=N–C) groups is 1. The molecule has 1 heterocycles. The van der Waals surface area contributed by atoms with Crippen LogP contribution in [0.2, 0.25) is 0 Å². The topological polar surface area (TPSA) is 83.3 Å². The molecule has 7 nitrogen and oxygen atoms in total. The standard InChI is InChI=1S/C17H32N6O.HI/c1-11(9-14-12(2)22-23(8)13(14)3)21-16(19-7)20-10-17(4,5)15(24)18-6;/h11H,9-10H2,1-8H3,(H,18,24)(H2,19,20,21);1H. The van der Waals surface area contributed by atoms with Crippen LogP contribution in [-0.2, 0) is 18.3 Å². The second-order valence-electron chi connectivity index (χ2n) is 6.91. The van der Waals surface area contributed by atoms with Crippen molar-refractivity contribution in [2.24, 2.45) is 17.5 Å². The van der Waals surface area contributed by atoms with Gasteiger partial charge in [0.1, 0.15) is 0 Å². The lowest BCUT2D eigenvalue weighted by Crippen LogP contribution is -2.49. The van der Waals surface area contributed by atoms with E-state index in [0.29, 0.717) is 12.5 Å². The molecule has 8 heteroatoms. The van der Waals surface area contributed by atoms with E-state index in [9.17, 15) is 4.79 Å². The first kappa shape index (κ1) is 23.7. The average Bonchev–Trinajstić information content (AvgIpc) is 2.76. The van der Waals surface area contributed by atoms with Gasteiger partial charge < -0.3 is 16.0 Å². The van der Waals surface area contributed by atoms with E-state index >= 15 is 0 Å². The fourth-order valence-electron chi connectivity index (χ4n) is 2.62. The van der Waals surface area contributed by atoms with Crippen molar-refractivity contribution in [3.8, 4) is 0 Å². The van der Waals surface area contributed by atoms with Gasteiger partial charge in [-0.05, 0) is 46.6 Å². The zero-order chi connectivity index (χ0) is 18.5. The maximum Gasteiger partial charge on any atom is 0.227 e. The Hall–Kier alpha value is -1.32. The molecule has 25 heavy (non-hydrogen) atoms. The number of carbonyl (C=O) groups excluding carboxylic acids is 1. The van der Waals surface area contributed by atoms with Gasteiger partial charge in [0, 0.05) is 39.4 Å². The Kier molecular flexibility index (Phi) is 9.45. The third kappa shape index (κ3) is 6.48. The Labute approximate surface area is 168 Å². The predicted molar refractivity (Wildman–Crippen MR) is 114 cm³/mol. The fourth-order valence-corrected chi connectivity index (χ4v) is 2.62. The summed E-state index contributed by atoms with van der Waals surface area (Å²) in [5, 5.41) is 13.8. The van der Waals surface area contributed by atoms with Crippen LogP contribution in [0.4, 0.5) is 0 Å². The van der Waals surface area contributed by atoms with Gasteiger partial charge in [0.05, 0.1) is 11.1 Å². The van der Waals surface area contributed by atoms with Gasteiger partial charge in [-0.3, -0.25) is 14.5 Å². The zero-order valence-corrected chi connectivity index (χ0v) is 19.0. The van der Waals surface area contributed by atoms with Gasteiger partial charge >= 0.3 is 0 Å². The smallest absolute Gasteiger partial charge is 0.227 e. The van der Waals surface area contributed by atoms with Gasteiger partial charge in [-0.2, -0.15) is 5.10 Å². The number of hydrogen-bond acceptors (Lipinski definition) is 3. The van der Waals surface area contributed by atoms with E-state index in [1.54, 1.807) is 14.1 Å². The Bertz CT molecular complexity index is 609. The SMILES string of the molecule is CN=C(NCC(C)(C)C(=O)NC)NC(C)Cc1c(C)nn(C)c1C.I. The van der Waals surface area contributed by atoms with Crippen molar-refractivity contribution in [3.63, 3.8) is 0 Å². The highest BCUT2D eigenvalue weighted by Gasteiger charge is 2.26. The fraction of sp³-hybridized carbons (Fsp3) is 0.706. The number of hydrogen-bond donors (Lipinski definition) is 3. The molecule has 1 aromatic heterocycles. The summed E-state index contributed by atoms with van der Waals surface area (Å²) in [7, 11) is 5.35. The molecule has 144 valence electrons. The van der Waals surface area contributed by atoms with Crippen LogP contribution in [0.3, 0.4) is 0 Å². The number of rotatable bonds is 6. The molecular formula is C17H33IN6O. The van der Waals surface area contributed by atoms with E-state index in [-0.39, 0.29) is 35.9 Å². The molecule has 3 N–H and O–H groups in total. The normalized spacial score (nSPS) is 13.0. The lowest BCUT2D eigenvalue weighted by molar-refractivity contribution is -0.128. The van der Waals surface area contributed by atoms with Crippen molar-refractivity contribution in [1.29, 1.82) is 0 Å². The Morgan fingerprint density at radius 2 is 1.96 bits per heavy atom. The second kappa shape index (κ2) is 9.98. The van der Waals surface area contributed by atoms with Gasteiger partial charge in [0.2, 0.25) is 5.91 Å². The van der Waals surface area contributed by atoms with Crippen LogP contribution in [0.25, 0.3) is 0 Å². The summed E-state index contributed by atoms with van der Waals surface area (Å²) in [4.78, 5) is 16.1. The van der Waals surface area contributed by atoms with Gasteiger partial charge in [-0.1, -0.05) is 0 Å². The first-order valence-corrected chi connectivity index (χ1v) is 8.30. The summed E-state index contributed by atoms with van der Waals surface area (Å²) < 4.78 is 1.91. The second-order valence-corrected chi connectivity index (χ2v) is 6.91. The Morgan fingerprint density at radius 3 is 2.40 bits per heavy atom. The maximum atomic E-state index is 11.9. The first-order valence-electron chi connectivity index (χ1n) is 8.30. The summed E-state index contributed by atoms with van der Waals surface area (Å²) in [6, 6.07) is 0.195. The average molecular weight is 464 g/mol. The number of aromatic nitrogens is 2. The predicted octanol–water partition coefficient (Wildman–Crippen LogP) is 1.52. The molecule has 1 amide bonds. The van der Waals surface area contributed by atoms with Crippen molar-refractivity contribution in [2.45, 2.75) is 47.1 Å². The van der Waals surface area contributed by atoms with Crippen LogP contribution in [-0.4, -0.2) is 48.3 Å². The molecule has 1 rings (SSSR count). The van der Waals surface area contributed by atoms with Crippen LogP contribution < -0.4 is 16.0 Å². The molecule has 0 fully saturated rings. The molecule has 1 atom stereocenters. The summed E-state index contributed by atoms with van der Waals surface area (Å²) in [5.41, 5.74) is 3.00. The van der Waals surface area contributed by atoms with Crippen molar-refractivity contribution >= 4 is 35.8 Å². The largest absolute Gasteiger partial charge is 0.359 e. The lowest BCUT2D eigenvalue weighted by Gasteiger charge is -2.25. The summed E-state index contributed by atoms with van der Waals surface area (Å²) >= 11 is 0. The minimum absolute atomic E-state index is 0. The third-order valence-electron chi connectivity index (χ3n) is 4.32. The highest BCUT2D eigenvalue weighted by Crippen LogP contribution is 2.15. The van der Waals surface area contributed by atoms with E-state index in [1.807, 2.05) is 32.5 Å². The highest BCUT2D eigenvalue weighted by molar-refractivity contribution is 14.0. The van der Waals surface area contributed by atoms with Crippen LogP contribution in [0.5, 0.6) is 0 Å². The molecular weight excluding hydrogens is 431 g/mol. The van der Waals surface area contributed by atoms with Gasteiger partial charge in [0.15, 0.2) is 5.96 Å². The monoisotopic (exact) mass is 464 g/mol. The number of nitrogens with zero attached hydrogens (tertiary/aromatic N) is 3. The molecule has 0 bridgehead atoms. The number of halogens is 1. The van der Waals surface area contributed by atoms with Crippen molar-refractivity contribution in [1.82, 2.24) is 25.7 Å². The van der Waals surface area contributed by atoms with Crippen LogP contribution in [0.1, 0.15) is 37.7 Å². The third-order valence-corrected chi connectivity index (χ3v) is 4.32. The minimum atomic E-state index is -0.508. The number of aryl methyl sites for hydroxylation is 2. The van der Waals surface area contributed by atoms with Gasteiger partial charge in [0.25, 0.3) is 0 Å². The molecule has 0 saturated carbocycles.